The molecule has 0 aliphatic carbocycles. The molecular formula is C21H26N2O5S. The van der Waals surface area contributed by atoms with E-state index in [2.05, 4.69) is 4.99 Å². The Morgan fingerprint density at radius 2 is 1.93 bits per heavy atom. The molecule has 7 nitrogen and oxygen atoms in total. The number of rotatable bonds is 6. The van der Waals surface area contributed by atoms with E-state index in [0.29, 0.717) is 34.4 Å². The highest BCUT2D eigenvalue weighted by atomic mass is 32.2. The van der Waals surface area contributed by atoms with Crippen LogP contribution in [0.15, 0.2) is 34.5 Å². The third kappa shape index (κ3) is 3.85. The molecule has 0 radical (unpaired) electrons. The average Bonchev–Trinajstić information content (AvgIpc) is 3.00. The zero-order valence-electron chi connectivity index (χ0n) is 17.5. The number of allylic oxidation sites excluding steroid dienone is 1. The third-order valence-corrected chi connectivity index (χ3v) is 6.13. The topological polar surface area (TPSA) is 77.4 Å². The molecule has 1 fully saturated rings. The third-order valence-electron chi connectivity index (χ3n) is 4.81. The Morgan fingerprint density at radius 1 is 1.24 bits per heavy atom. The molecule has 0 N–H and O–H groups in total. The van der Waals surface area contributed by atoms with Crippen molar-refractivity contribution >= 4 is 28.8 Å². The number of benzene rings is 1. The van der Waals surface area contributed by atoms with E-state index in [1.807, 2.05) is 13.0 Å². The highest BCUT2D eigenvalue weighted by Crippen LogP contribution is 2.45. The van der Waals surface area contributed by atoms with Gasteiger partial charge in [0, 0.05) is 0 Å². The number of carbonyl (C=O) groups is 2. The first kappa shape index (κ1) is 21.2. The molecule has 8 heteroatoms. The number of methoxy groups -OCH3 is 2. The highest BCUT2D eigenvalue weighted by molar-refractivity contribution is 8.15. The molecule has 29 heavy (non-hydrogen) atoms. The molecule has 0 saturated carbocycles. The Bertz CT molecular complexity index is 893. The van der Waals surface area contributed by atoms with Gasteiger partial charge in [0.2, 0.25) is 5.91 Å². The number of amidine groups is 1. The van der Waals surface area contributed by atoms with Gasteiger partial charge in [0.1, 0.15) is 0 Å². The predicted octanol–water partition coefficient (Wildman–Crippen LogP) is 3.69. The molecule has 1 aromatic carbocycles. The van der Waals surface area contributed by atoms with Crippen LogP contribution in [0.25, 0.3) is 0 Å². The Kier molecular flexibility index (Phi) is 6.21. The number of nitrogens with zero attached hydrogens (tertiary/aromatic N) is 2. The lowest BCUT2D eigenvalue weighted by atomic mass is 9.93. The van der Waals surface area contributed by atoms with Crippen LogP contribution in [0, 0.1) is 0 Å². The van der Waals surface area contributed by atoms with Crippen molar-refractivity contribution in [3.8, 4) is 11.5 Å². The standard InChI is InChI=1S/C21H26N2O5S/c1-7-16-19(24)23-18(13-8-9-14(26-5)15(10-13)27-6)17(20(25)28-11(2)3)12(4)22-21(23)29-16/h8-11,16,18H,7H2,1-6H3/t16-,18+/m1/s1. The minimum absolute atomic E-state index is 0.0571. The lowest BCUT2D eigenvalue weighted by molar-refractivity contribution is -0.143. The van der Waals surface area contributed by atoms with Gasteiger partial charge >= 0.3 is 5.97 Å². The lowest BCUT2D eigenvalue weighted by Crippen LogP contribution is -2.41. The number of amides is 1. The molecule has 2 aliphatic rings. The largest absolute Gasteiger partial charge is 0.493 e. The minimum atomic E-state index is -0.634. The van der Waals surface area contributed by atoms with Crippen molar-refractivity contribution in [2.45, 2.75) is 51.5 Å². The van der Waals surface area contributed by atoms with Gasteiger partial charge in [-0.1, -0.05) is 24.8 Å². The number of esters is 1. The number of carbonyl (C=O) groups excluding carboxylic acids is 2. The smallest absolute Gasteiger partial charge is 0.338 e. The van der Waals surface area contributed by atoms with Crippen LogP contribution < -0.4 is 9.47 Å². The van der Waals surface area contributed by atoms with Gasteiger partial charge in [-0.15, -0.1) is 0 Å². The Balaban J connectivity index is 2.16. The molecule has 0 aromatic heterocycles. The van der Waals surface area contributed by atoms with Crippen LogP contribution in [0.4, 0.5) is 0 Å². The van der Waals surface area contributed by atoms with Gasteiger partial charge in [-0.3, -0.25) is 9.69 Å². The fourth-order valence-electron chi connectivity index (χ4n) is 3.47. The van der Waals surface area contributed by atoms with Crippen molar-refractivity contribution in [1.29, 1.82) is 0 Å². The van der Waals surface area contributed by atoms with Gasteiger partial charge in [-0.25, -0.2) is 9.79 Å². The second-order valence-corrected chi connectivity index (χ2v) is 8.26. The van der Waals surface area contributed by atoms with Crippen molar-refractivity contribution in [3.63, 3.8) is 0 Å². The SMILES string of the molecule is CC[C@H]1SC2=NC(C)=C(C(=O)OC(C)C)[C@H](c3ccc(OC)c(OC)c3)N2C1=O. The van der Waals surface area contributed by atoms with Gasteiger partial charge in [-0.05, 0) is 44.9 Å². The van der Waals surface area contributed by atoms with Crippen LogP contribution in [-0.4, -0.2) is 47.5 Å². The van der Waals surface area contributed by atoms with Crippen molar-refractivity contribution in [1.82, 2.24) is 4.90 Å². The number of thioether (sulfide) groups is 1. The molecule has 0 spiro atoms. The van der Waals surface area contributed by atoms with E-state index < -0.39 is 12.0 Å². The summed E-state index contributed by atoms with van der Waals surface area (Å²) in [6, 6.07) is 4.76. The van der Waals surface area contributed by atoms with E-state index in [4.69, 9.17) is 14.2 Å². The molecule has 1 amide bonds. The first-order valence-electron chi connectivity index (χ1n) is 9.54. The Hall–Kier alpha value is -2.48. The molecule has 1 aromatic rings. The molecule has 156 valence electrons. The van der Waals surface area contributed by atoms with E-state index in [1.165, 1.54) is 11.8 Å². The monoisotopic (exact) mass is 418 g/mol. The maximum absolute atomic E-state index is 13.1. The zero-order valence-corrected chi connectivity index (χ0v) is 18.3. The summed E-state index contributed by atoms with van der Waals surface area (Å²) in [5, 5.41) is 0.393. The number of hydrogen-bond acceptors (Lipinski definition) is 7. The number of fused-ring (bicyclic) bond motifs is 1. The van der Waals surface area contributed by atoms with Gasteiger partial charge in [-0.2, -0.15) is 0 Å². The van der Waals surface area contributed by atoms with Crippen LogP contribution in [0.3, 0.4) is 0 Å². The molecule has 1 saturated heterocycles. The molecule has 0 bridgehead atoms. The van der Waals surface area contributed by atoms with Gasteiger partial charge < -0.3 is 14.2 Å². The number of aliphatic imine (C=N–C) groups is 1. The van der Waals surface area contributed by atoms with E-state index >= 15 is 0 Å². The van der Waals surface area contributed by atoms with Crippen LogP contribution in [0.1, 0.15) is 45.7 Å². The predicted molar refractivity (Wildman–Crippen MR) is 112 cm³/mol. The van der Waals surface area contributed by atoms with E-state index in [9.17, 15) is 9.59 Å². The molecule has 0 unspecified atom stereocenters. The quantitative estimate of drug-likeness (QED) is 0.656. The van der Waals surface area contributed by atoms with Crippen molar-refractivity contribution in [3.05, 3.63) is 35.0 Å². The lowest BCUT2D eigenvalue weighted by Gasteiger charge is -2.33. The Labute approximate surface area is 175 Å². The van der Waals surface area contributed by atoms with Gasteiger partial charge in [0.25, 0.3) is 0 Å². The van der Waals surface area contributed by atoms with Gasteiger partial charge in [0.05, 0.1) is 42.9 Å². The van der Waals surface area contributed by atoms with Crippen LogP contribution in [0.2, 0.25) is 0 Å². The summed E-state index contributed by atoms with van der Waals surface area (Å²) in [4.78, 5) is 32.3. The molecule has 2 atom stereocenters. The van der Waals surface area contributed by atoms with Crippen LogP contribution in [-0.2, 0) is 14.3 Å². The van der Waals surface area contributed by atoms with Crippen LogP contribution in [0.5, 0.6) is 11.5 Å². The number of hydrogen-bond donors (Lipinski definition) is 0. The van der Waals surface area contributed by atoms with E-state index in [0.717, 1.165) is 5.56 Å². The second-order valence-electron chi connectivity index (χ2n) is 7.09. The minimum Gasteiger partial charge on any atom is -0.493 e. The summed E-state index contributed by atoms with van der Waals surface area (Å²) in [5.74, 6) is 0.562. The molecule has 2 aliphatic heterocycles. The summed E-state index contributed by atoms with van der Waals surface area (Å²) < 4.78 is 16.3. The summed E-state index contributed by atoms with van der Waals surface area (Å²) in [7, 11) is 3.11. The first-order chi connectivity index (χ1) is 13.8. The number of ether oxygens (including phenoxy) is 3. The highest BCUT2D eigenvalue weighted by Gasteiger charge is 2.47. The van der Waals surface area contributed by atoms with Crippen molar-refractivity contribution in [2.75, 3.05) is 14.2 Å². The van der Waals surface area contributed by atoms with Crippen LogP contribution >= 0.6 is 11.8 Å². The zero-order chi connectivity index (χ0) is 21.3. The van der Waals surface area contributed by atoms with E-state index in [1.54, 1.807) is 52.0 Å². The fraction of sp³-hybridized carbons (Fsp3) is 0.476. The fourth-order valence-corrected chi connectivity index (χ4v) is 4.60. The van der Waals surface area contributed by atoms with Gasteiger partial charge in [0.15, 0.2) is 16.7 Å². The normalized spacial score (nSPS) is 21.3. The summed E-state index contributed by atoms with van der Waals surface area (Å²) in [5.41, 5.74) is 1.65. The summed E-state index contributed by atoms with van der Waals surface area (Å²) in [6.07, 6.45) is 0.397. The van der Waals surface area contributed by atoms with Crippen molar-refractivity contribution < 1.29 is 23.8 Å². The summed E-state index contributed by atoms with van der Waals surface area (Å²) in [6.45, 7) is 7.33. The maximum Gasteiger partial charge on any atom is 0.338 e. The van der Waals surface area contributed by atoms with E-state index in [-0.39, 0.29) is 17.3 Å². The molecule has 3 rings (SSSR count). The second kappa shape index (κ2) is 8.49. The first-order valence-corrected chi connectivity index (χ1v) is 10.4. The molecular weight excluding hydrogens is 392 g/mol. The molecule has 2 heterocycles. The summed E-state index contributed by atoms with van der Waals surface area (Å²) >= 11 is 1.43. The van der Waals surface area contributed by atoms with Crippen molar-refractivity contribution in [2.24, 2.45) is 4.99 Å². The Morgan fingerprint density at radius 3 is 2.52 bits per heavy atom. The average molecular weight is 419 g/mol. The maximum atomic E-state index is 13.1.